The van der Waals surface area contributed by atoms with Crippen molar-refractivity contribution in [2.24, 2.45) is 5.73 Å². The maximum Gasteiger partial charge on any atom is 0.236 e. The molecule has 1 aromatic carbocycles. The monoisotopic (exact) mass is 268 g/mol. The molecule has 0 radical (unpaired) electrons. The van der Waals surface area contributed by atoms with Crippen LogP contribution in [0.5, 0.6) is 0 Å². The summed E-state index contributed by atoms with van der Waals surface area (Å²) in [6, 6.07) is 7.98. The molecule has 0 aliphatic heterocycles. The average molecular weight is 269 g/mol. The zero-order chi connectivity index (χ0) is 12.5. The molecule has 1 fully saturated rings. The lowest BCUT2D eigenvalue weighted by Gasteiger charge is -2.19. The molecule has 0 saturated heterocycles. The fraction of sp³-hybridized carbons (Fsp3) is 0.500. The van der Waals surface area contributed by atoms with Crippen molar-refractivity contribution < 1.29 is 4.79 Å². The molecular formula is C14H21ClN2O. The van der Waals surface area contributed by atoms with E-state index in [1.807, 2.05) is 0 Å². The normalized spacial score (nSPS) is 17.5. The average Bonchev–Trinajstić information content (AvgIpc) is 3.07. The van der Waals surface area contributed by atoms with Crippen LogP contribution < -0.4 is 11.1 Å². The van der Waals surface area contributed by atoms with Gasteiger partial charge in [-0.1, -0.05) is 24.3 Å². The zero-order valence-corrected chi connectivity index (χ0v) is 11.7. The molecule has 0 aromatic heterocycles. The summed E-state index contributed by atoms with van der Waals surface area (Å²) in [7, 11) is 0. The maximum atomic E-state index is 11.5. The van der Waals surface area contributed by atoms with Gasteiger partial charge >= 0.3 is 0 Å². The van der Waals surface area contributed by atoms with E-state index in [0.29, 0.717) is 6.54 Å². The Bertz CT molecular complexity index is 428. The number of nitrogens with one attached hydrogen (secondary N) is 1. The van der Waals surface area contributed by atoms with E-state index in [2.05, 4.69) is 36.5 Å². The van der Waals surface area contributed by atoms with E-state index in [0.717, 1.165) is 12.8 Å². The molecule has 0 bridgehead atoms. The molecule has 3 nitrogen and oxygen atoms in total. The number of hydrogen-bond acceptors (Lipinski definition) is 2. The van der Waals surface area contributed by atoms with E-state index < -0.39 is 6.04 Å². The molecule has 0 spiro atoms. The zero-order valence-electron chi connectivity index (χ0n) is 10.9. The number of benzene rings is 1. The van der Waals surface area contributed by atoms with Crippen molar-refractivity contribution in [2.75, 3.05) is 6.54 Å². The highest BCUT2D eigenvalue weighted by Gasteiger charge is 2.45. The second-order valence-electron chi connectivity index (χ2n) is 5.10. The van der Waals surface area contributed by atoms with Gasteiger partial charge in [0, 0.05) is 12.0 Å². The van der Waals surface area contributed by atoms with Crippen LogP contribution in [0.1, 0.15) is 30.9 Å². The van der Waals surface area contributed by atoms with Gasteiger partial charge in [0.1, 0.15) is 0 Å². The summed E-state index contributed by atoms with van der Waals surface area (Å²) in [4.78, 5) is 11.5. The standard InChI is InChI=1S/C14H20N2O.ClH/c1-10-5-3-4-6-12(10)14(7-8-14)9-16-13(17)11(2)15;/h3-6,11H,7-9,15H2,1-2H3,(H,16,17);1H/t11-;/m1./s1. The molecule has 1 amide bonds. The van der Waals surface area contributed by atoms with Crippen molar-refractivity contribution in [1.82, 2.24) is 5.32 Å². The van der Waals surface area contributed by atoms with Crippen LogP contribution in [0.15, 0.2) is 24.3 Å². The Labute approximate surface area is 115 Å². The van der Waals surface area contributed by atoms with Crippen LogP contribution in [-0.4, -0.2) is 18.5 Å². The molecular weight excluding hydrogens is 248 g/mol. The van der Waals surface area contributed by atoms with Crippen molar-refractivity contribution in [3.63, 3.8) is 0 Å². The first-order chi connectivity index (χ1) is 8.05. The molecule has 0 unspecified atom stereocenters. The Hall–Kier alpha value is -1.06. The topological polar surface area (TPSA) is 55.1 Å². The number of rotatable bonds is 4. The number of aryl methyl sites for hydroxylation is 1. The second kappa shape index (κ2) is 5.72. The Morgan fingerprint density at radius 3 is 2.56 bits per heavy atom. The van der Waals surface area contributed by atoms with Crippen molar-refractivity contribution in [3.8, 4) is 0 Å². The van der Waals surface area contributed by atoms with Crippen molar-refractivity contribution in [2.45, 2.75) is 38.1 Å². The van der Waals surface area contributed by atoms with Gasteiger partial charge in [0.25, 0.3) is 0 Å². The minimum atomic E-state index is -0.428. The number of nitrogens with two attached hydrogens (primary N) is 1. The quantitative estimate of drug-likeness (QED) is 0.877. The summed E-state index contributed by atoms with van der Waals surface area (Å²) in [5, 5.41) is 2.95. The van der Waals surface area contributed by atoms with Crippen LogP contribution in [0.4, 0.5) is 0 Å². The van der Waals surface area contributed by atoms with Gasteiger partial charge in [0.15, 0.2) is 0 Å². The van der Waals surface area contributed by atoms with Crippen LogP contribution in [0.3, 0.4) is 0 Å². The van der Waals surface area contributed by atoms with E-state index in [1.165, 1.54) is 11.1 Å². The van der Waals surface area contributed by atoms with Crippen LogP contribution in [-0.2, 0) is 10.2 Å². The van der Waals surface area contributed by atoms with E-state index in [9.17, 15) is 4.79 Å². The third-order valence-corrected chi connectivity index (χ3v) is 3.58. The van der Waals surface area contributed by atoms with E-state index >= 15 is 0 Å². The molecule has 2 rings (SSSR count). The SMILES string of the molecule is Cc1ccccc1C1(CNC(=O)[C@@H](C)N)CC1.Cl. The maximum absolute atomic E-state index is 11.5. The molecule has 3 N–H and O–H groups in total. The Morgan fingerprint density at radius 1 is 1.44 bits per heavy atom. The number of amides is 1. The molecule has 1 atom stereocenters. The number of halogens is 1. The highest BCUT2D eigenvalue weighted by molar-refractivity contribution is 5.85. The minimum Gasteiger partial charge on any atom is -0.354 e. The highest BCUT2D eigenvalue weighted by atomic mass is 35.5. The van der Waals surface area contributed by atoms with Crippen molar-refractivity contribution in [3.05, 3.63) is 35.4 Å². The van der Waals surface area contributed by atoms with Gasteiger partial charge in [-0.15, -0.1) is 12.4 Å². The van der Waals surface area contributed by atoms with Gasteiger partial charge in [-0.3, -0.25) is 4.79 Å². The lowest BCUT2D eigenvalue weighted by molar-refractivity contribution is -0.122. The predicted molar refractivity (Wildman–Crippen MR) is 76.0 cm³/mol. The van der Waals surface area contributed by atoms with Gasteiger partial charge < -0.3 is 11.1 Å². The van der Waals surface area contributed by atoms with E-state index in [1.54, 1.807) is 6.92 Å². The van der Waals surface area contributed by atoms with E-state index in [-0.39, 0.29) is 23.7 Å². The summed E-state index contributed by atoms with van der Waals surface area (Å²) >= 11 is 0. The van der Waals surface area contributed by atoms with Crippen LogP contribution in [0.25, 0.3) is 0 Å². The Kier molecular flexibility index (Phi) is 4.77. The summed E-state index contributed by atoms with van der Waals surface area (Å²) in [6.07, 6.45) is 2.30. The smallest absolute Gasteiger partial charge is 0.236 e. The lowest BCUT2D eigenvalue weighted by atomic mass is 9.92. The molecule has 1 aliphatic carbocycles. The predicted octanol–water partition coefficient (Wildman–Crippen LogP) is 1.91. The van der Waals surface area contributed by atoms with Crippen LogP contribution >= 0.6 is 12.4 Å². The van der Waals surface area contributed by atoms with E-state index in [4.69, 9.17) is 5.73 Å². The largest absolute Gasteiger partial charge is 0.354 e. The first-order valence-corrected chi connectivity index (χ1v) is 6.15. The number of hydrogen-bond donors (Lipinski definition) is 2. The van der Waals surface area contributed by atoms with Gasteiger partial charge in [0.05, 0.1) is 6.04 Å². The fourth-order valence-electron chi connectivity index (χ4n) is 2.28. The third kappa shape index (κ3) is 3.03. The molecule has 1 aliphatic rings. The van der Waals surface area contributed by atoms with Gasteiger partial charge in [-0.25, -0.2) is 0 Å². The fourth-order valence-corrected chi connectivity index (χ4v) is 2.28. The van der Waals surface area contributed by atoms with Crippen molar-refractivity contribution in [1.29, 1.82) is 0 Å². The third-order valence-electron chi connectivity index (χ3n) is 3.58. The molecule has 18 heavy (non-hydrogen) atoms. The first-order valence-electron chi connectivity index (χ1n) is 6.15. The Balaban J connectivity index is 0.00000162. The van der Waals surface area contributed by atoms with Crippen LogP contribution in [0.2, 0.25) is 0 Å². The second-order valence-corrected chi connectivity index (χ2v) is 5.10. The summed E-state index contributed by atoms with van der Waals surface area (Å²) < 4.78 is 0. The first kappa shape index (κ1) is 15.0. The summed E-state index contributed by atoms with van der Waals surface area (Å²) in [5.41, 5.74) is 8.38. The summed E-state index contributed by atoms with van der Waals surface area (Å²) in [5.74, 6) is -0.0649. The molecule has 1 aromatic rings. The molecule has 0 heterocycles. The van der Waals surface area contributed by atoms with Gasteiger partial charge in [-0.05, 0) is 37.8 Å². The van der Waals surface area contributed by atoms with Gasteiger partial charge in [0.2, 0.25) is 5.91 Å². The van der Waals surface area contributed by atoms with Crippen LogP contribution in [0, 0.1) is 6.92 Å². The lowest BCUT2D eigenvalue weighted by Crippen LogP contribution is -2.41. The van der Waals surface area contributed by atoms with Gasteiger partial charge in [-0.2, -0.15) is 0 Å². The highest BCUT2D eigenvalue weighted by Crippen LogP contribution is 2.48. The molecule has 1 saturated carbocycles. The number of carbonyl (C=O) groups is 1. The van der Waals surface area contributed by atoms with Crippen molar-refractivity contribution >= 4 is 18.3 Å². The molecule has 100 valence electrons. The molecule has 4 heteroatoms. The summed E-state index contributed by atoms with van der Waals surface area (Å²) in [6.45, 7) is 4.55. The number of carbonyl (C=O) groups excluding carboxylic acids is 1. The minimum absolute atomic E-state index is 0. The Morgan fingerprint density at radius 2 is 2.06 bits per heavy atom.